The lowest BCUT2D eigenvalue weighted by Crippen LogP contribution is -2.49. The van der Waals surface area contributed by atoms with Crippen molar-refractivity contribution in [1.82, 2.24) is 5.32 Å². The molecule has 0 aliphatic carbocycles. The number of para-hydroxylation sites is 1. The summed E-state index contributed by atoms with van der Waals surface area (Å²) in [5.41, 5.74) is 0.933. The van der Waals surface area contributed by atoms with E-state index in [1.165, 1.54) is 0 Å². The van der Waals surface area contributed by atoms with Crippen molar-refractivity contribution in [2.24, 2.45) is 5.92 Å². The van der Waals surface area contributed by atoms with E-state index in [0.717, 1.165) is 5.56 Å². The predicted octanol–water partition coefficient (Wildman–Crippen LogP) is 2.38. The zero-order valence-electron chi connectivity index (χ0n) is 12.9. The lowest BCUT2D eigenvalue weighted by atomic mass is 10.0. The van der Waals surface area contributed by atoms with Crippen molar-refractivity contribution in [2.75, 3.05) is 0 Å². The third kappa shape index (κ3) is 4.77. The van der Waals surface area contributed by atoms with Crippen LogP contribution >= 0.6 is 0 Å². The smallest absolute Gasteiger partial charge is 0.326 e. The van der Waals surface area contributed by atoms with E-state index in [4.69, 9.17) is 9.84 Å². The lowest BCUT2D eigenvalue weighted by Gasteiger charge is -2.23. The van der Waals surface area contributed by atoms with Gasteiger partial charge in [0.25, 0.3) is 5.91 Å². The Labute approximate surface area is 125 Å². The van der Waals surface area contributed by atoms with Crippen molar-refractivity contribution >= 4 is 11.9 Å². The van der Waals surface area contributed by atoms with Crippen LogP contribution in [0.25, 0.3) is 0 Å². The molecule has 116 valence electrons. The third-order valence-corrected chi connectivity index (χ3v) is 3.26. The number of hydrogen-bond donors (Lipinski definition) is 2. The van der Waals surface area contributed by atoms with Gasteiger partial charge in [0.1, 0.15) is 11.8 Å². The van der Waals surface area contributed by atoms with Crippen LogP contribution in [0.1, 0.15) is 32.8 Å². The minimum Gasteiger partial charge on any atom is -0.480 e. The van der Waals surface area contributed by atoms with Crippen LogP contribution in [0.3, 0.4) is 0 Å². The number of rotatable bonds is 7. The largest absolute Gasteiger partial charge is 0.480 e. The monoisotopic (exact) mass is 293 g/mol. The molecule has 21 heavy (non-hydrogen) atoms. The molecular formula is C16H23NO4. The molecule has 0 saturated carbocycles. The van der Waals surface area contributed by atoms with Gasteiger partial charge in [-0.05, 0) is 30.9 Å². The normalized spacial score (nSPS) is 13.6. The highest BCUT2D eigenvalue weighted by Crippen LogP contribution is 2.19. The first-order valence-electron chi connectivity index (χ1n) is 7.12. The van der Waals surface area contributed by atoms with Crippen LogP contribution in [0, 0.1) is 12.8 Å². The fraction of sp³-hybridized carbons (Fsp3) is 0.500. The van der Waals surface area contributed by atoms with Gasteiger partial charge in [0.05, 0.1) is 0 Å². The van der Waals surface area contributed by atoms with Crippen LogP contribution in [0.2, 0.25) is 0 Å². The molecule has 0 saturated heterocycles. The van der Waals surface area contributed by atoms with Crippen LogP contribution < -0.4 is 10.1 Å². The summed E-state index contributed by atoms with van der Waals surface area (Å²) in [6, 6.07) is 6.51. The molecule has 0 spiro atoms. The maximum Gasteiger partial charge on any atom is 0.326 e. The second-order valence-electron chi connectivity index (χ2n) is 5.35. The van der Waals surface area contributed by atoms with E-state index in [-0.39, 0.29) is 5.92 Å². The second-order valence-corrected chi connectivity index (χ2v) is 5.35. The number of hydrogen-bond acceptors (Lipinski definition) is 3. The Bertz CT molecular complexity index is 499. The number of ether oxygens (including phenoxy) is 1. The van der Waals surface area contributed by atoms with Crippen LogP contribution in [0.5, 0.6) is 5.75 Å². The Hall–Kier alpha value is -2.04. The van der Waals surface area contributed by atoms with Gasteiger partial charge in [-0.25, -0.2) is 4.79 Å². The summed E-state index contributed by atoms with van der Waals surface area (Å²) in [5, 5.41) is 11.7. The Morgan fingerprint density at radius 1 is 1.29 bits per heavy atom. The summed E-state index contributed by atoms with van der Waals surface area (Å²) in [6.45, 7) is 7.23. The topological polar surface area (TPSA) is 75.6 Å². The number of nitrogens with one attached hydrogen (secondary N) is 1. The Morgan fingerprint density at radius 3 is 2.38 bits per heavy atom. The number of carbonyl (C=O) groups is 2. The summed E-state index contributed by atoms with van der Waals surface area (Å²) in [7, 11) is 0. The van der Waals surface area contributed by atoms with Gasteiger partial charge < -0.3 is 15.2 Å². The number of aryl methyl sites for hydroxylation is 1. The van der Waals surface area contributed by atoms with Crippen molar-refractivity contribution in [1.29, 1.82) is 0 Å². The Morgan fingerprint density at radius 2 is 1.90 bits per heavy atom. The van der Waals surface area contributed by atoms with Crippen LogP contribution in [0.4, 0.5) is 0 Å². The van der Waals surface area contributed by atoms with E-state index in [1.54, 1.807) is 19.9 Å². The van der Waals surface area contributed by atoms with Crippen molar-refractivity contribution in [3.05, 3.63) is 29.8 Å². The van der Waals surface area contributed by atoms with Gasteiger partial charge in [0, 0.05) is 0 Å². The van der Waals surface area contributed by atoms with Gasteiger partial charge in [0.2, 0.25) is 0 Å². The highest BCUT2D eigenvalue weighted by atomic mass is 16.5. The SMILES string of the molecule is CCC(Oc1ccccc1C)C(=O)NC(C(=O)O)C(C)C. The van der Waals surface area contributed by atoms with Gasteiger partial charge in [-0.2, -0.15) is 0 Å². The van der Waals surface area contributed by atoms with Crippen LogP contribution in [0.15, 0.2) is 24.3 Å². The summed E-state index contributed by atoms with van der Waals surface area (Å²) >= 11 is 0. The van der Waals surface area contributed by atoms with E-state index >= 15 is 0 Å². The molecule has 0 bridgehead atoms. The molecule has 5 nitrogen and oxygen atoms in total. The summed E-state index contributed by atoms with van der Waals surface area (Å²) in [5.74, 6) is -0.996. The molecule has 2 unspecified atom stereocenters. The molecule has 1 amide bonds. The molecular weight excluding hydrogens is 270 g/mol. The van der Waals surface area contributed by atoms with Gasteiger partial charge in [-0.1, -0.05) is 39.0 Å². The number of benzene rings is 1. The standard InChI is InChI=1S/C16H23NO4/c1-5-12(21-13-9-7-6-8-11(13)4)15(18)17-14(10(2)3)16(19)20/h6-10,12,14H,5H2,1-4H3,(H,17,18)(H,19,20). The maximum absolute atomic E-state index is 12.2. The van der Waals surface area contributed by atoms with Crippen molar-refractivity contribution < 1.29 is 19.4 Å². The first kappa shape index (κ1) is 17.0. The van der Waals surface area contributed by atoms with Crippen LogP contribution in [-0.4, -0.2) is 29.1 Å². The fourth-order valence-electron chi connectivity index (χ4n) is 1.92. The molecule has 1 aromatic carbocycles. The van der Waals surface area contributed by atoms with Gasteiger partial charge >= 0.3 is 5.97 Å². The molecule has 0 aliphatic heterocycles. The maximum atomic E-state index is 12.2. The predicted molar refractivity (Wildman–Crippen MR) is 80.3 cm³/mol. The second kappa shape index (κ2) is 7.67. The first-order valence-corrected chi connectivity index (χ1v) is 7.12. The van der Waals surface area contributed by atoms with E-state index < -0.39 is 24.0 Å². The third-order valence-electron chi connectivity index (χ3n) is 3.26. The highest BCUT2D eigenvalue weighted by Gasteiger charge is 2.27. The number of amides is 1. The molecule has 0 aromatic heterocycles. The van der Waals surface area contributed by atoms with Crippen molar-refractivity contribution in [3.8, 4) is 5.75 Å². The summed E-state index contributed by atoms with van der Waals surface area (Å²) in [4.78, 5) is 23.4. The minimum absolute atomic E-state index is 0.192. The first-order chi connectivity index (χ1) is 9.86. The van der Waals surface area contributed by atoms with E-state index in [9.17, 15) is 9.59 Å². The fourth-order valence-corrected chi connectivity index (χ4v) is 1.92. The Kier molecular flexibility index (Phi) is 6.21. The van der Waals surface area contributed by atoms with E-state index in [1.807, 2.05) is 32.0 Å². The van der Waals surface area contributed by atoms with Gasteiger partial charge in [-0.15, -0.1) is 0 Å². The quantitative estimate of drug-likeness (QED) is 0.809. The number of aliphatic carboxylic acids is 1. The zero-order valence-corrected chi connectivity index (χ0v) is 12.9. The highest BCUT2D eigenvalue weighted by molar-refractivity contribution is 5.86. The molecule has 2 N–H and O–H groups in total. The van der Waals surface area contributed by atoms with Crippen LogP contribution in [-0.2, 0) is 9.59 Å². The molecule has 2 atom stereocenters. The van der Waals surface area contributed by atoms with Crippen molar-refractivity contribution in [3.63, 3.8) is 0 Å². The molecule has 0 aliphatic rings. The molecule has 1 aromatic rings. The minimum atomic E-state index is -1.04. The van der Waals surface area contributed by atoms with E-state index in [0.29, 0.717) is 12.2 Å². The molecule has 0 radical (unpaired) electrons. The average molecular weight is 293 g/mol. The summed E-state index contributed by atoms with van der Waals surface area (Å²) < 4.78 is 5.71. The van der Waals surface area contributed by atoms with Gasteiger partial charge in [-0.3, -0.25) is 4.79 Å². The molecule has 5 heteroatoms. The number of carbonyl (C=O) groups excluding carboxylic acids is 1. The summed E-state index contributed by atoms with van der Waals surface area (Å²) in [6.07, 6.45) is -0.239. The number of carboxylic acids is 1. The lowest BCUT2D eigenvalue weighted by molar-refractivity contribution is -0.144. The Balaban J connectivity index is 2.78. The van der Waals surface area contributed by atoms with E-state index in [2.05, 4.69) is 5.32 Å². The molecule has 0 fully saturated rings. The average Bonchev–Trinajstić information content (AvgIpc) is 2.42. The molecule has 0 heterocycles. The number of carboxylic acid groups (broad SMARTS) is 1. The van der Waals surface area contributed by atoms with Crippen molar-refractivity contribution in [2.45, 2.75) is 46.3 Å². The zero-order chi connectivity index (χ0) is 16.0. The molecule has 1 rings (SSSR count). The van der Waals surface area contributed by atoms with Gasteiger partial charge in [0.15, 0.2) is 6.10 Å².